The Morgan fingerprint density at radius 1 is 1.03 bits per heavy atom. The van der Waals surface area contributed by atoms with Gasteiger partial charge in [0.25, 0.3) is 0 Å². The van der Waals surface area contributed by atoms with Crippen LogP contribution in [-0.4, -0.2) is 61.6 Å². The van der Waals surface area contributed by atoms with Gasteiger partial charge in [-0.05, 0) is 56.0 Å². The summed E-state index contributed by atoms with van der Waals surface area (Å²) in [4.78, 5) is 34.8. The number of amides is 1. The van der Waals surface area contributed by atoms with Gasteiger partial charge in [0.05, 0.1) is 42.2 Å². The number of pyridine rings is 2. The maximum Gasteiger partial charge on any atom is 0.416 e. The van der Waals surface area contributed by atoms with E-state index in [1.807, 2.05) is 38.1 Å². The van der Waals surface area contributed by atoms with Gasteiger partial charge in [0.1, 0.15) is 0 Å². The molecule has 3 aromatic rings. The summed E-state index contributed by atoms with van der Waals surface area (Å²) >= 11 is 0. The predicted molar refractivity (Wildman–Crippen MR) is 121 cm³/mol. The number of rotatable bonds is 2. The van der Waals surface area contributed by atoms with Gasteiger partial charge in [-0.3, -0.25) is 4.98 Å². The normalized spacial score (nSPS) is 15.9. The van der Waals surface area contributed by atoms with Crippen molar-refractivity contribution in [3.63, 3.8) is 0 Å². The molecule has 0 atom stereocenters. The molecule has 0 saturated heterocycles. The molecule has 1 amide bonds. The average molecular weight is 448 g/mol. The van der Waals surface area contributed by atoms with Crippen LogP contribution in [0.5, 0.6) is 0 Å². The monoisotopic (exact) mass is 448 g/mol. The lowest BCUT2D eigenvalue weighted by molar-refractivity contribution is 0.139. The highest BCUT2D eigenvalue weighted by Crippen LogP contribution is 2.40. The van der Waals surface area contributed by atoms with Crippen molar-refractivity contribution in [3.8, 4) is 11.3 Å². The first-order valence-corrected chi connectivity index (χ1v) is 10.8. The van der Waals surface area contributed by atoms with Crippen LogP contribution in [0.2, 0.25) is 0 Å². The Balaban J connectivity index is 1.85. The lowest BCUT2D eigenvalue weighted by Crippen LogP contribution is -2.35. The van der Waals surface area contributed by atoms with Crippen molar-refractivity contribution in [2.24, 2.45) is 0 Å². The molecule has 3 aromatic heterocycles. The highest BCUT2D eigenvalue weighted by atomic mass is 16.5. The van der Waals surface area contributed by atoms with Crippen molar-refractivity contribution in [2.45, 2.75) is 33.2 Å². The van der Waals surface area contributed by atoms with Crippen LogP contribution in [0.3, 0.4) is 0 Å². The van der Waals surface area contributed by atoms with Crippen LogP contribution in [-0.2, 0) is 17.7 Å². The summed E-state index contributed by atoms with van der Waals surface area (Å²) in [7, 11) is 0. The summed E-state index contributed by atoms with van der Waals surface area (Å²) in [6.07, 6.45) is 1.02. The average Bonchev–Trinajstić information content (AvgIpc) is 3.11. The van der Waals surface area contributed by atoms with Gasteiger partial charge in [-0.25, -0.2) is 19.1 Å². The largest absolute Gasteiger partial charge is 0.465 e. The van der Waals surface area contributed by atoms with E-state index in [2.05, 4.69) is 4.98 Å². The predicted octanol–water partition coefficient (Wildman–Crippen LogP) is 4.08. The zero-order valence-corrected chi connectivity index (χ0v) is 18.5. The number of hydrogen-bond donors (Lipinski definition) is 2. The van der Waals surface area contributed by atoms with Gasteiger partial charge in [-0.1, -0.05) is 6.08 Å². The quantitative estimate of drug-likeness (QED) is 0.606. The minimum Gasteiger partial charge on any atom is -0.465 e. The fourth-order valence-corrected chi connectivity index (χ4v) is 4.81. The Hall–Kier alpha value is -3.72. The first kappa shape index (κ1) is 21.1. The summed E-state index contributed by atoms with van der Waals surface area (Å²) in [6.45, 7) is 5.29. The van der Waals surface area contributed by atoms with Crippen LogP contribution < -0.4 is 0 Å². The molecule has 5 rings (SSSR count). The maximum atomic E-state index is 12.6. The summed E-state index contributed by atoms with van der Waals surface area (Å²) in [5, 5.41) is 19.7. The smallest absolute Gasteiger partial charge is 0.416 e. The van der Waals surface area contributed by atoms with E-state index in [1.165, 1.54) is 9.47 Å². The Bertz CT molecular complexity index is 1320. The molecular formula is C24H24N4O5. The Morgan fingerprint density at radius 3 is 2.42 bits per heavy atom. The van der Waals surface area contributed by atoms with Crippen molar-refractivity contribution in [1.29, 1.82) is 0 Å². The second-order valence-corrected chi connectivity index (χ2v) is 8.45. The SMILES string of the molecule is Cc1cc(-c2c(C3=CCOCC3)c3nc4c(cc3n2C(=O)O)CCN(C(=O)O)C4)cc(C)n1. The summed E-state index contributed by atoms with van der Waals surface area (Å²) in [6, 6.07) is 5.63. The van der Waals surface area contributed by atoms with E-state index in [0.717, 1.165) is 33.7 Å². The fraction of sp³-hybridized carbons (Fsp3) is 0.333. The third kappa shape index (κ3) is 3.64. The number of carboxylic acid groups (broad SMARTS) is 2. The molecule has 9 nitrogen and oxygen atoms in total. The molecular weight excluding hydrogens is 424 g/mol. The number of nitrogens with zero attached hydrogens (tertiary/aromatic N) is 4. The van der Waals surface area contributed by atoms with E-state index >= 15 is 0 Å². The Morgan fingerprint density at radius 2 is 1.79 bits per heavy atom. The molecule has 0 unspecified atom stereocenters. The van der Waals surface area contributed by atoms with Gasteiger partial charge in [0, 0.05) is 29.1 Å². The van der Waals surface area contributed by atoms with E-state index in [4.69, 9.17) is 9.72 Å². The number of aromatic nitrogens is 3. The van der Waals surface area contributed by atoms with Crippen LogP contribution in [0.25, 0.3) is 27.9 Å². The van der Waals surface area contributed by atoms with Crippen LogP contribution in [0.1, 0.15) is 34.6 Å². The summed E-state index contributed by atoms with van der Waals surface area (Å²) < 4.78 is 6.81. The van der Waals surface area contributed by atoms with Crippen molar-refractivity contribution in [2.75, 3.05) is 19.8 Å². The van der Waals surface area contributed by atoms with Crippen molar-refractivity contribution < 1.29 is 24.5 Å². The van der Waals surface area contributed by atoms with E-state index in [-0.39, 0.29) is 6.54 Å². The molecule has 2 N–H and O–H groups in total. The highest BCUT2D eigenvalue weighted by molar-refractivity contribution is 6.04. The van der Waals surface area contributed by atoms with Gasteiger partial charge in [-0.15, -0.1) is 0 Å². The zero-order valence-electron chi connectivity index (χ0n) is 18.5. The maximum absolute atomic E-state index is 12.6. The molecule has 33 heavy (non-hydrogen) atoms. The second kappa shape index (κ2) is 8.00. The summed E-state index contributed by atoms with van der Waals surface area (Å²) in [5.74, 6) is 0. The van der Waals surface area contributed by atoms with Gasteiger partial charge in [0.15, 0.2) is 0 Å². The molecule has 170 valence electrons. The van der Waals surface area contributed by atoms with Crippen LogP contribution >= 0.6 is 0 Å². The number of aryl methyl sites for hydroxylation is 2. The van der Waals surface area contributed by atoms with Gasteiger partial charge in [0.2, 0.25) is 0 Å². The lowest BCUT2D eigenvalue weighted by atomic mass is 9.96. The van der Waals surface area contributed by atoms with Gasteiger partial charge >= 0.3 is 12.2 Å². The standard InChI is InChI=1S/C24H24N4O5/c1-13-9-17(10-14(2)25-13)22-20(15-4-7-33-8-5-15)21-19(28(22)24(31)32)11-16-3-6-27(23(29)30)12-18(16)26-21/h4,9-11H,3,5-8,12H2,1-2H3,(H,29,30)(H,31,32). The molecule has 0 fully saturated rings. The lowest BCUT2D eigenvalue weighted by Gasteiger charge is -2.25. The molecule has 0 saturated carbocycles. The molecule has 5 heterocycles. The van der Waals surface area contributed by atoms with Gasteiger partial charge < -0.3 is 19.8 Å². The molecule has 2 aliphatic rings. The minimum absolute atomic E-state index is 0.184. The van der Waals surface area contributed by atoms with E-state index in [9.17, 15) is 19.8 Å². The molecule has 0 aliphatic carbocycles. The molecule has 0 aromatic carbocycles. The molecule has 9 heteroatoms. The van der Waals surface area contributed by atoms with E-state index < -0.39 is 12.2 Å². The number of hydrogen-bond acceptors (Lipinski definition) is 5. The summed E-state index contributed by atoms with van der Waals surface area (Å²) in [5.41, 5.74) is 7.27. The topological polar surface area (TPSA) is 118 Å². The number of fused-ring (bicyclic) bond motifs is 2. The third-order valence-corrected chi connectivity index (χ3v) is 6.20. The fourth-order valence-electron chi connectivity index (χ4n) is 4.81. The molecule has 2 aliphatic heterocycles. The Labute approximate surface area is 189 Å². The molecule has 0 bridgehead atoms. The Kier molecular flexibility index (Phi) is 5.13. The second-order valence-electron chi connectivity index (χ2n) is 8.45. The number of ether oxygens (including phenoxy) is 1. The first-order chi connectivity index (χ1) is 15.8. The van der Waals surface area contributed by atoms with Crippen LogP contribution in [0.4, 0.5) is 9.59 Å². The highest BCUT2D eigenvalue weighted by Gasteiger charge is 2.29. The molecule has 0 radical (unpaired) electrons. The van der Waals surface area contributed by atoms with E-state index in [0.29, 0.717) is 55.0 Å². The number of carbonyl (C=O) groups is 2. The van der Waals surface area contributed by atoms with Crippen molar-refractivity contribution in [3.05, 3.63) is 52.5 Å². The van der Waals surface area contributed by atoms with Crippen LogP contribution in [0.15, 0.2) is 24.3 Å². The zero-order chi connectivity index (χ0) is 23.3. The minimum atomic E-state index is -1.09. The van der Waals surface area contributed by atoms with Crippen molar-refractivity contribution >= 4 is 28.8 Å². The van der Waals surface area contributed by atoms with Gasteiger partial charge in [-0.2, -0.15) is 0 Å². The third-order valence-electron chi connectivity index (χ3n) is 6.20. The first-order valence-electron chi connectivity index (χ1n) is 10.8. The van der Waals surface area contributed by atoms with Crippen molar-refractivity contribution in [1.82, 2.24) is 19.4 Å². The van der Waals surface area contributed by atoms with E-state index in [1.54, 1.807) is 0 Å². The molecule has 0 spiro atoms. The van der Waals surface area contributed by atoms with Crippen LogP contribution in [0, 0.1) is 13.8 Å².